The fourth-order valence-electron chi connectivity index (χ4n) is 2.54. The summed E-state index contributed by atoms with van der Waals surface area (Å²) >= 11 is 0. The minimum absolute atomic E-state index is 0.241. The number of nitrogens with one attached hydrogen (secondary N) is 2. The first-order chi connectivity index (χ1) is 11.7. The third-order valence-electron chi connectivity index (χ3n) is 3.77. The average molecular weight is 325 g/mol. The van der Waals surface area contributed by atoms with E-state index < -0.39 is 0 Å². The van der Waals surface area contributed by atoms with Gasteiger partial charge in [-0.2, -0.15) is 0 Å². The van der Waals surface area contributed by atoms with Gasteiger partial charge in [0.1, 0.15) is 0 Å². The fourth-order valence-corrected chi connectivity index (χ4v) is 2.54. The van der Waals surface area contributed by atoms with Crippen molar-refractivity contribution >= 4 is 28.6 Å². The van der Waals surface area contributed by atoms with Gasteiger partial charge in [-0.25, -0.2) is 4.98 Å². The molecule has 0 fully saturated rings. The molecule has 0 aliphatic carbocycles. The van der Waals surface area contributed by atoms with Crippen molar-refractivity contribution < 1.29 is 19.0 Å². The first kappa shape index (κ1) is 14.4. The number of fused-ring (bicyclic) bond motifs is 2. The number of carbonyl (C=O) groups excluding carboxylic acids is 1. The minimum Gasteiger partial charge on any atom is -0.469 e. The molecule has 2 aromatic carbocycles. The molecule has 4 rings (SSSR count). The number of benzene rings is 2. The number of imidazole rings is 1. The molecule has 0 bridgehead atoms. The van der Waals surface area contributed by atoms with Crippen LogP contribution in [0.4, 0.5) is 11.6 Å². The van der Waals surface area contributed by atoms with Crippen molar-refractivity contribution in [1.29, 1.82) is 0 Å². The predicted octanol–water partition coefficient (Wildman–Crippen LogP) is 2.75. The second-order valence-corrected chi connectivity index (χ2v) is 5.38. The van der Waals surface area contributed by atoms with E-state index in [1.807, 2.05) is 36.4 Å². The molecule has 0 radical (unpaired) electrons. The summed E-state index contributed by atoms with van der Waals surface area (Å²) in [5.41, 5.74) is 3.42. The summed E-state index contributed by atoms with van der Waals surface area (Å²) in [6.45, 7) is 0.241. The highest BCUT2D eigenvalue weighted by Crippen LogP contribution is 2.35. The highest BCUT2D eigenvalue weighted by atomic mass is 16.7. The van der Waals surface area contributed by atoms with Crippen molar-refractivity contribution in [2.24, 2.45) is 0 Å². The summed E-state index contributed by atoms with van der Waals surface area (Å²) in [5.74, 6) is 1.78. The van der Waals surface area contributed by atoms with Crippen LogP contribution < -0.4 is 14.8 Å². The number of methoxy groups -OCH3 is 1. The van der Waals surface area contributed by atoms with Crippen LogP contribution in [-0.4, -0.2) is 29.8 Å². The van der Waals surface area contributed by atoms with Gasteiger partial charge >= 0.3 is 5.97 Å². The van der Waals surface area contributed by atoms with Crippen molar-refractivity contribution in [3.8, 4) is 11.5 Å². The normalized spacial score (nSPS) is 12.4. The lowest BCUT2D eigenvalue weighted by Gasteiger charge is -2.04. The topological polar surface area (TPSA) is 85.5 Å². The number of rotatable bonds is 4. The van der Waals surface area contributed by atoms with Crippen molar-refractivity contribution in [3.63, 3.8) is 0 Å². The van der Waals surface area contributed by atoms with E-state index in [0.717, 1.165) is 22.3 Å². The highest BCUT2D eigenvalue weighted by Gasteiger charge is 2.16. The largest absolute Gasteiger partial charge is 0.469 e. The van der Waals surface area contributed by atoms with Gasteiger partial charge in [-0.1, -0.05) is 12.1 Å². The van der Waals surface area contributed by atoms with Gasteiger partial charge in [-0.15, -0.1) is 0 Å². The van der Waals surface area contributed by atoms with Crippen LogP contribution in [0.3, 0.4) is 0 Å². The van der Waals surface area contributed by atoms with E-state index in [9.17, 15) is 4.79 Å². The monoisotopic (exact) mass is 325 g/mol. The smallest absolute Gasteiger partial charge is 0.309 e. The van der Waals surface area contributed by atoms with E-state index in [2.05, 4.69) is 20.0 Å². The van der Waals surface area contributed by atoms with Crippen LogP contribution in [0.2, 0.25) is 0 Å². The third kappa shape index (κ3) is 2.71. The van der Waals surface area contributed by atoms with E-state index in [-0.39, 0.29) is 19.2 Å². The van der Waals surface area contributed by atoms with E-state index in [0.29, 0.717) is 17.4 Å². The Morgan fingerprint density at radius 2 is 2.00 bits per heavy atom. The van der Waals surface area contributed by atoms with Crippen LogP contribution in [-0.2, 0) is 16.0 Å². The lowest BCUT2D eigenvalue weighted by Crippen LogP contribution is -2.04. The number of hydrogen-bond donors (Lipinski definition) is 2. The quantitative estimate of drug-likeness (QED) is 0.718. The SMILES string of the molecule is COC(=O)Cc1ccc(Nc2nc3cc4c(cc3[nH]2)OCO4)cc1. The van der Waals surface area contributed by atoms with Gasteiger partial charge in [-0.3, -0.25) is 4.79 Å². The van der Waals surface area contributed by atoms with Gasteiger partial charge in [0.15, 0.2) is 11.5 Å². The Hall–Kier alpha value is -3.22. The predicted molar refractivity (Wildman–Crippen MR) is 87.7 cm³/mol. The minimum atomic E-state index is -0.259. The Balaban J connectivity index is 1.52. The van der Waals surface area contributed by atoms with E-state index in [1.54, 1.807) is 0 Å². The number of nitrogens with zero attached hydrogens (tertiary/aromatic N) is 1. The molecule has 7 nitrogen and oxygen atoms in total. The number of aromatic amines is 1. The Kier molecular flexibility index (Phi) is 3.45. The number of esters is 1. The molecule has 1 aliphatic rings. The number of anilines is 2. The summed E-state index contributed by atoms with van der Waals surface area (Å²) in [6.07, 6.45) is 0.257. The molecule has 0 unspecified atom stereocenters. The van der Waals surface area contributed by atoms with Gasteiger partial charge in [0.2, 0.25) is 12.7 Å². The van der Waals surface area contributed by atoms with Crippen molar-refractivity contribution in [2.45, 2.75) is 6.42 Å². The van der Waals surface area contributed by atoms with Crippen molar-refractivity contribution in [3.05, 3.63) is 42.0 Å². The summed E-state index contributed by atoms with van der Waals surface area (Å²) in [6, 6.07) is 11.2. The molecule has 24 heavy (non-hydrogen) atoms. The molecule has 3 aromatic rings. The molecule has 0 amide bonds. The van der Waals surface area contributed by atoms with Crippen LogP contribution >= 0.6 is 0 Å². The number of aromatic nitrogens is 2. The Labute approximate surface area is 137 Å². The van der Waals surface area contributed by atoms with Crippen LogP contribution in [0.1, 0.15) is 5.56 Å². The highest BCUT2D eigenvalue weighted by molar-refractivity contribution is 5.82. The summed E-state index contributed by atoms with van der Waals surface area (Å²) in [4.78, 5) is 19.0. The van der Waals surface area contributed by atoms with Gasteiger partial charge in [0, 0.05) is 17.8 Å². The summed E-state index contributed by atoms with van der Waals surface area (Å²) in [7, 11) is 1.38. The lowest BCUT2D eigenvalue weighted by atomic mass is 10.1. The number of ether oxygens (including phenoxy) is 3. The van der Waals surface area contributed by atoms with Gasteiger partial charge in [-0.05, 0) is 17.7 Å². The van der Waals surface area contributed by atoms with Crippen molar-refractivity contribution in [2.75, 3.05) is 19.2 Å². The molecule has 2 heterocycles. The van der Waals surface area contributed by atoms with E-state index in [4.69, 9.17) is 9.47 Å². The maximum atomic E-state index is 11.3. The average Bonchev–Trinajstić information content (AvgIpc) is 3.19. The van der Waals surface area contributed by atoms with Gasteiger partial charge in [0.05, 0.1) is 24.6 Å². The third-order valence-corrected chi connectivity index (χ3v) is 3.77. The molecule has 7 heteroatoms. The Bertz CT molecular complexity index is 861. The number of H-pyrrole nitrogens is 1. The van der Waals surface area contributed by atoms with Crippen LogP contribution in [0.5, 0.6) is 11.5 Å². The molecule has 2 N–H and O–H groups in total. The van der Waals surface area contributed by atoms with Crippen LogP contribution in [0.15, 0.2) is 36.4 Å². The van der Waals surface area contributed by atoms with Crippen LogP contribution in [0.25, 0.3) is 11.0 Å². The lowest BCUT2D eigenvalue weighted by molar-refractivity contribution is -0.139. The maximum Gasteiger partial charge on any atom is 0.309 e. The zero-order valence-corrected chi connectivity index (χ0v) is 13.0. The van der Waals surface area contributed by atoms with Gasteiger partial charge < -0.3 is 24.5 Å². The first-order valence-corrected chi connectivity index (χ1v) is 7.43. The number of hydrogen-bond acceptors (Lipinski definition) is 6. The molecule has 1 aliphatic heterocycles. The maximum absolute atomic E-state index is 11.3. The van der Waals surface area contributed by atoms with E-state index in [1.165, 1.54) is 7.11 Å². The van der Waals surface area contributed by atoms with Crippen molar-refractivity contribution in [1.82, 2.24) is 9.97 Å². The molecule has 0 saturated heterocycles. The zero-order valence-electron chi connectivity index (χ0n) is 13.0. The molecule has 0 atom stereocenters. The molecule has 122 valence electrons. The summed E-state index contributed by atoms with van der Waals surface area (Å²) < 4.78 is 15.4. The summed E-state index contributed by atoms with van der Waals surface area (Å²) in [5, 5.41) is 3.20. The molecular weight excluding hydrogens is 310 g/mol. The van der Waals surface area contributed by atoms with E-state index >= 15 is 0 Å². The number of carbonyl (C=O) groups is 1. The zero-order chi connectivity index (χ0) is 16.5. The Morgan fingerprint density at radius 3 is 2.75 bits per heavy atom. The first-order valence-electron chi connectivity index (χ1n) is 7.43. The van der Waals surface area contributed by atoms with Gasteiger partial charge in [0.25, 0.3) is 0 Å². The Morgan fingerprint density at radius 1 is 1.25 bits per heavy atom. The van der Waals surface area contributed by atoms with Crippen LogP contribution in [0, 0.1) is 0 Å². The second kappa shape index (κ2) is 5.77. The molecule has 1 aromatic heterocycles. The molecular formula is C17H15N3O4. The fraction of sp³-hybridized carbons (Fsp3) is 0.176. The molecule has 0 spiro atoms. The standard InChI is InChI=1S/C17H15N3O4/c1-22-16(21)6-10-2-4-11(5-3-10)18-17-19-12-7-14-15(24-9-23-14)8-13(12)20-17/h2-5,7-8H,6,9H2,1H3,(H2,18,19,20). The molecule has 0 saturated carbocycles. The second-order valence-electron chi connectivity index (χ2n) is 5.38.